The maximum Gasteiger partial charge on any atom is 0.371 e. The van der Waals surface area contributed by atoms with Crippen LogP contribution in [0.5, 0.6) is 0 Å². The van der Waals surface area contributed by atoms with E-state index in [2.05, 4.69) is 12.2 Å². The third kappa shape index (κ3) is 2.24. The molecule has 0 bridgehead atoms. The van der Waals surface area contributed by atoms with Gasteiger partial charge in [0.2, 0.25) is 5.76 Å². The van der Waals surface area contributed by atoms with Crippen molar-refractivity contribution in [3.8, 4) is 0 Å². The molecule has 2 N–H and O–H groups in total. The van der Waals surface area contributed by atoms with Gasteiger partial charge in [-0.1, -0.05) is 6.92 Å². The minimum absolute atomic E-state index is 0.0432. The van der Waals surface area contributed by atoms with Crippen LogP contribution in [0.25, 0.3) is 0 Å². The fraction of sp³-hybridized carbons (Fsp3) is 0.455. The molecule has 0 atom stereocenters. The summed E-state index contributed by atoms with van der Waals surface area (Å²) in [6.07, 6.45) is 2.23. The molecule has 0 unspecified atom stereocenters. The quantitative estimate of drug-likeness (QED) is 0.810. The summed E-state index contributed by atoms with van der Waals surface area (Å²) in [6.45, 7) is 2.70. The van der Waals surface area contributed by atoms with Crippen LogP contribution < -0.4 is 5.32 Å². The minimum Gasteiger partial charge on any atom is -0.475 e. The number of rotatable bonds is 4. The van der Waals surface area contributed by atoms with E-state index in [0.29, 0.717) is 6.54 Å². The summed E-state index contributed by atoms with van der Waals surface area (Å²) in [4.78, 5) is 22.1. The van der Waals surface area contributed by atoms with Crippen molar-refractivity contribution in [1.29, 1.82) is 0 Å². The number of hydrogen-bond donors (Lipinski definition) is 2. The van der Waals surface area contributed by atoms with Gasteiger partial charge in [0.25, 0.3) is 5.91 Å². The smallest absolute Gasteiger partial charge is 0.371 e. The van der Waals surface area contributed by atoms with Gasteiger partial charge in [0, 0.05) is 6.54 Å². The Hall–Kier alpha value is -1.78. The molecule has 86 valence electrons. The second-order valence-electron chi connectivity index (χ2n) is 4.46. The maximum absolute atomic E-state index is 11.6. The first-order valence-corrected chi connectivity index (χ1v) is 5.12. The summed E-state index contributed by atoms with van der Waals surface area (Å²) in [7, 11) is 0. The first kappa shape index (κ1) is 10.7. The number of amides is 1. The van der Waals surface area contributed by atoms with Crippen LogP contribution in [-0.4, -0.2) is 23.5 Å². The van der Waals surface area contributed by atoms with E-state index in [1.165, 1.54) is 12.1 Å². The Kier molecular flexibility index (Phi) is 2.46. The predicted octanol–water partition coefficient (Wildman–Crippen LogP) is 1.51. The number of carboxylic acid groups (broad SMARTS) is 1. The van der Waals surface area contributed by atoms with Gasteiger partial charge >= 0.3 is 5.97 Å². The highest BCUT2D eigenvalue weighted by atomic mass is 16.4. The van der Waals surface area contributed by atoms with Crippen LogP contribution in [0.1, 0.15) is 40.9 Å². The first-order chi connectivity index (χ1) is 7.50. The third-order valence-corrected chi connectivity index (χ3v) is 2.82. The fourth-order valence-electron chi connectivity index (χ4n) is 1.35. The standard InChI is InChI=1S/C11H13NO4/c1-11(4-5-11)6-12-9(13)7-2-3-8(16-7)10(14)15/h2-3H,4-6H2,1H3,(H,12,13)(H,14,15). The lowest BCUT2D eigenvalue weighted by Gasteiger charge is -2.08. The summed E-state index contributed by atoms with van der Waals surface area (Å²) in [5, 5.41) is 11.4. The summed E-state index contributed by atoms with van der Waals surface area (Å²) in [6, 6.07) is 2.64. The zero-order valence-corrected chi connectivity index (χ0v) is 8.95. The Morgan fingerprint density at radius 2 is 2.06 bits per heavy atom. The van der Waals surface area contributed by atoms with E-state index in [0.717, 1.165) is 12.8 Å². The highest BCUT2D eigenvalue weighted by Gasteiger charge is 2.37. The molecule has 0 saturated heterocycles. The summed E-state index contributed by atoms with van der Waals surface area (Å²) >= 11 is 0. The Labute approximate surface area is 92.4 Å². The van der Waals surface area contributed by atoms with Crippen molar-refractivity contribution in [2.75, 3.05) is 6.54 Å². The molecule has 1 aliphatic carbocycles. The van der Waals surface area contributed by atoms with Gasteiger partial charge in [0.15, 0.2) is 5.76 Å². The molecule has 5 heteroatoms. The van der Waals surface area contributed by atoms with Crippen molar-refractivity contribution in [1.82, 2.24) is 5.32 Å². The number of carboxylic acids is 1. The minimum atomic E-state index is -1.17. The molecule has 0 spiro atoms. The van der Waals surface area contributed by atoms with Gasteiger partial charge in [-0.3, -0.25) is 4.79 Å². The van der Waals surface area contributed by atoms with E-state index in [1.807, 2.05) is 0 Å². The van der Waals surface area contributed by atoms with Crippen LogP contribution in [0.15, 0.2) is 16.5 Å². The Bertz CT molecular complexity index is 431. The number of carbonyl (C=O) groups excluding carboxylic acids is 1. The van der Waals surface area contributed by atoms with Gasteiger partial charge in [-0.2, -0.15) is 0 Å². The molecule has 0 aliphatic heterocycles. The van der Waals surface area contributed by atoms with Gasteiger partial charge in [-0.05, 0) is 30.4 Å². The molecule has 1 fully saturated rings. The lowest BCUT2D eigenvalue weighted by atomic mass is 10.1. The van der Waals surface area contributed by atoms with Crippen LogP contribution >= 0.6 is 0 Å². The van der Waals surface area contributed by atoms with Crippen molar-refractivity contribution < 1.29 is 19.1 Å². The Morgan fingerprint density at radius 3 is 2.56 bits per heavy atom. The normalized spacial score (nSPS) is 16.8. The van der Waals surface area contributed by atoms with Crippen molar-refractivity contribution in [3.63, 3.8) is 0 Å². The summed E-state index contributed by atoms with van der Waals surface area (Å²) in [5.41, 5.74) is 0.220. The summed E-state index contributed by atoms with van der Waals surface area (Å²) < 4.78 is 4.88. The lowest BCUT2D eigenvalue weighted by molar-refractivity contribution is 0.0659. The fourth-order valence-corrected chi connectivity index (χ4v) is 1.35. The molecule has 2 rings (SSSR count). The van der Waals surface area contributed by atoms with Gasteiger partial charge < -0.3 is 14.8 Å². The topological polar surface area (TPSA) is 79.5 Å². The SMILES string of the molecule is CC1(CNC(=O)c2ccc(C(=O)O)o2)CC1. The number of hydrogen-bond acceptors (Lipinski definition) is 3. The molecule has 1 saturated carbocycles. The largest absolute Gasteiger partial charge is 0.475 e. The van der Waals surface area contributed by atoms with E-state index >= 15 is 0 Å². The number of nitrogens with one attached hydrogen (secondary N) is 1. The molecule has 16 heavy (non-hydrogen) atoms. The molecular weight excluding hydrogens is 210 g/mol. The van der Waals surface area contributed by atoms with Crippen molar-refractivity contribution in [2.24, 2.45) is 5.41 Å². The zero-order chi connectivity index (χ0) is 11.8. The van der Waals surface area contributed by atoms with E-state index in [9.17, 15) is 9.59 Å². The van der Waals surface area contributed by atoms with Crippen molar-refractivity contribution in [3.05, 3.63) is 23.7 Å². The lowest BCUT2D eigenvalue weighted by Crippen LogP contribution is -2.28. The van der Waals surface area contributed by atoms with Gasteiger partial charge in [0.05, 0.1) is 0 Å². The monoisotopic (exact) mass is 223 g/mol. The van der Waals surface area contributed by atoms with Crippen molar-refractivity contribution in [2.45, 2.75) is 19.8 Å². The number of furan rings is 1. The molecule has 1 aromatic rings. The molecule has 0 radical (unpaired) electrons. The van der Waals surface area contributed by atoms with Crippen LogP contribution in [-0.2, 0) is 0 Å². The van der Waals surface area contributed by atoms with Crippen LogP contribution in [0.3, 0.4) is 0 Å². The first-order valence-electron chi connectivity index (χ1n) is 5.12. The van der Waals surface area contributed by atoms with Crippen LogP contribution in [0.2, 0.25) is 0 Å². The molecular formula is C11H13NO4. The molecule has 1 amide bonds. The molecule has 1 heterocycles. The molecule has 1 aromatic heterocycles. The maximum atomic E-state index is 11.6. The second-order valence-corrected chi connectivity index (χ2v) is 4.46. The average Bonchev–Trinajstić information content (AvgIpc) is 2.81. The molecule has 0 aromatic carbocycles. The highest BCUT2D eigenvalue weighted by Crippen LogP contribution is 2.44. The van der Waals surface area contributed by atoms with Crippen LogP contribution in [0, 0.1) is 5.41 Å². The van der Waals surface area contributed by atoms with E-state index in [-0.39, 0.29) is 22.8 Å². The average molecular weight is 223 g/mol. The molecule has 1 aliphatic rings. The number of carbonyl (C=O) groups is 2. The van der Waals surface area contributed by atoms with Crippen LogP contribution in [0.4, 0.5) is 0 Å². The highest BCUT2D eigenvalue weighted by molar-refractivity contribution is 5.93. The number of aromatic carboxylic acids is 1. The van der Waals surface area contributed by atoms with Gasteiger partial charge in [-0.15, -0.1) is 0 Å². The van der Waals surface area contributed by atoms with E-state index < -0.39 is 5.97 Å². The Balaban J connectivity index is 1.95. The predicted molar refractivity (Wildman–Crippen MR) is 55.3 cm³/mol. The van der Waals surface area contributed by atoms with E-state index in [4.69, 9.17) is 9.52 Å². The van der Waals surface area contributed by atoms with Gasteiger partial charge in [-0.25, -0.2) is 4.79 Å². The van der Waals surface area contributed by atoms with Gasteiger partial charge in [0.1, 0.15) is 0 Å². The van der Waals surface area contributed by atoms with Crippen molar-refractivity contribution >= 4 is 11.9 Å². The van der Waals surface area contributed by atoms with E-state index in [1.54, 1.807) is 0 Å². The zero-order valence-electron chi connectivity index (χ0n) is 8.95. The Morgan fingerprint density at radius 1 is 1.44 bits per heavy atom. The second kappa shape index (κ2) is 3.66. The molecule has 5 nitrogen and oxygen atoms in total. The summed E-state index contributed by atoms with van der Waals surface area (Å²) in [5.74, 6) is -1.71. The third-order valence-electron chi connectivity index (χ3n) is 2.82.